The van der Waals surface area contributed by atoms with Crippen LogP contribution in [0.25, 0.3) is 11.2 Å². The van der Waals surface area contributed by atoms with Crippen molar-refractivity contribution in [2.45, 2.75) is 19.3 Å². The van der Waals surface area contributed by atoms with Gasteiger partial charge in [-0.15, -0.1) is 0 Å². The molecule has 0 radical (unpaired) electrons. The summed E-state index contributed by atoms with van der Waals surface area (Å²) in [7, 11) is 0. The number of fused-ring (bicyclic) bond motifs is 1. The molecule has 1 saturated heterocycles. The summed E-state index contributed by atoms with van der Waals surface area (Å²) in [6.45, 7) is 2.58. The third-order valence-corrected chi connectivity index (χ3v) is 5.78. The fourth-order valence-corrected chi connectivity index (χ4v) is 4.21. The van der Waals surface area contributed by atoms with Crippen LogP contribution in [0.5, 0.6) is 0 Å². The van der Waals surface area contributed by atoms with Crippen molar-refractivity contribution in [3.8, 4) is 0 Å². The number of rotatable bonds is 4. The Morgan fingerprint density at radius 3 is 2.45 bits per heavy atom. The molecule has 5 rings (SSSR count). The smallest absolute Gasteiger partial charge is 0.348 e. The van der Waals surface area contributed by atoms with Gasteiger partial charge in [-0.25, -0.2) is 24.7 Å². The van der Waals surface area contributed by atoms with Gasteiger partial charge < -0.3 is 4.90 Å². The van der Waals surface area contributed by atoms with Gasteiger partial charge in [0.1, 0.15) is 5.52 Å². The Kier molecular flexibility index (Phi) is 4.63. The lowest BCUT2D eigenvalue weighted by atomic mass is 9.90. The minimum absolute atomic E-state index is 0.182. The fraction of sp³-hybridized carbons (Fsp3) is 0.318. The van der Waals surface area contributed by atoms with Crippen molar-refractivity contribution in [3.63, 3.8) is 0 Å². The van der Waals surface area contributed by atoms with Gasteiger partial charge in [-0.3, -0.25) is 4.90 Å². The molecular weight excluding hydrogens is 364 g/mol. The lowest BCUT2D eigenvalue weighted by molar-refractivity contribution is 0.256. The normalized spacial score (nSPS) is 17.4. The first-order valence-corrected chi connectivity index (χ1v) is 10.0. The number of anilines is 2. The SMILES string of the molecule is O=C1N=CCN1c1ccc(CC2CCN(c3ccnc4nccnc34)CC2)cc1. The summed E-state index contributed by atoms with van der Waals surface area (Å²) < 4.78 is 0. The van der Waals surface area contributed by atoms with Crippen LogP contribution in [0.4, 0.5) is 16.2 Å². The minimum Gasteiger partial charge on any atom is -0.370 e. The van der Waals surface area contributed by atoms with E-state index in [0.717, 1.165) is 49.2 Å². The number of hydrogen-bond acceptors (Lipinski definition) is 5. The Morgan fingerprint density at radius 1 is 0.931 bits per heavy atom. The van der Waals surface area contributed by atoms with Crippen LogP contribution >= 0.6 is 0 Å². The van der Waals surface area contributed by atoms with Gasteiger partial charge in [0, 0.05) is 43.6 Å². The van der Waals surface area contributed by atoms with Gasteiger partial charge in [0.25, 0.3) is 0 Å². The molecule has 1 aromatic carbocycles. The van der Waals surface area contributed by atoms with E-state index in [-0.39, 0.29) is 6.03 Å². The van der Waals surface area contributed by atoms with Crippen LogP contribution in [0.15, 0.2) is 53.9 Å². The molecule has 1 fully saturated rings. The monoisotopic (exact) mass is 386 g/mol. The van der Waals surface area contributed by atoms with Crippen LogP contribution in [-0.4, -0.2) is 46.8 Å². The first-order valence-electron chi connectivity index (χ1n) is 10.0. The molecule has 0 aliphatic carbocycles. The Bertz CT molecular complexity index is 1050. The highest BCUT2D eigenvalue weighted by atomic mass is 16.2. The summed E-state index contributed by atoms with van der Waals surface area (Å²) in [6, 6.07) is 10.2. The summed E-state index contributed by atoms with van der Waals surface area (Å²) in [5.74, 6) is 0.660. The molecule has 0 bridgehead atoms. The highest BCUT2D eigenvalue weighted by Gasteiger charge is 2.22. The van der Waals surface area contributed by atoms with Gasteiger partial charge in [0.05, 0.1) is 12.2 Å². The maximum Gasteiger partial charge on any atom is 0.348 e. The van der Waals surface area contributed by atoms with Crippen LogP contribution in [-0.2, 0) is 6.42 Å². The summed E-state index contributed by atoms with van der Waals surface area (Å²) >= 11 is 0. The summed E-state index contributed by atoms with van der Waals surface area (Å²) in [5, 5.41) is 0. The molecule has 4 heterocycles. The second-order valence-corrected chi connectivity index (χ2v) is 7.56. The maximum absolute atomic E-state index is 11.7. The summed E-state index contributed by atoms with van der Waals surface area (Å²) in [4.78, 5) is 32.7. The number of amides is 2. The zero-order chi connectivity index (χ0) is 19.6. The molecule has 146 valence electrons. The van der Waals surface area contributed by atoms with Crippen LogP contribution in [0.3, 0.4) is 0 Å². The Morgan fingerprint density at radius 2 is 1.69 bits per heavy atom. The van der Waals surface area contributed by atoms with Gasteiger partial charge in [-0.1, -0.05) is 12.1 Å². The van der Waals surface area contributed by atoms with Crippen LogP contribution in [0.1, 0.15) is 18.4 Å². The Hall–Kier alpha value is -3.35. The molecule has 7 nitrogen and oxygen atoms in total. The van der Waals surface area contributed by atoms with Gasteiger partial charge in [-0.05, 0) is 48.9 Å². The van der Waals surface area contributed by atoms with Crippen molar-refractivity contribution < 1.29 is 4.79 Å². The molecule has 0 N–H and O–H groups in total. The second-order valence-electron chi connectivity index (χ2n) is 7.56. The molecule has 0 atom stereocenters. The molecule has 7 heteroatoms. The molecule has 2 aliphatic heterocycles. The Balaban J connectivity index is 1.21. The molecule has 2 aliphatic rings. The van der Waals surface area contributed by atoms with E-state index in [9.17, 15) is 4.79 Å². The van der Waals surface area contributed by atoms with Gasteiger partial charge in [-0.2, -0.15) is 0 Å². The molecule has 2 amide bonds. The fourth-order valence-electron chi connectivity index (χ4n) is 4.21. The summed E-state index contributed by atoms with van der Waals surface area (Å²) in [5.41, 5.74) is 4.94. The van der Waals surface area contributed by atoms with Gasteiger partial charge >= 0.3 is 6.03 Å². The molecule has 0 spiro atoms. The lowest BCUT2D eigenvalue weighted by Crippen LogP contribution is -2.34. The van der Waals surface area contributed by atoms with Crippen LogP contribution in [0.2, 0.25) is 0 Å². The number of benzene rings is 1. The number of carbonyl (C=O) groups is 1. The number of piperidine rings is 1. The first-order chi connectivity index (χ1) is 14.3. The standard InChI is InChI=1S/C22H22N6O/c29-22-26-11-14-28(22)18-3-1-16(2-4-18)15-17-6-12-27(13-7-17)19-5-8-24-21-20(19)23-9-10-25-21/h1-5,8-11,17H,6-7,12-15H2. The van der Waals surface area contributed by atoms with Crippen molar-refractivity contribution in [1.29, 1.82) is 0 Å². The molecule has 2 aromatic heterocycles. The Labute approximate surface area is 169 Å². The van der Waals surface area contributed by atoms with E-state index in [1.807, 2.05) is 24.4 Å². The van der Waals surface area contributed by atoms with Crippen molar-refractivity contribution in [2.75, 3.05) is 29.4 Å². The van der Waals surface area contributed by atoms with Crippen molar-refractivity contribution in [1.82, 2.24) is 15.0 Å². The predicted molar refractivity (Wildman–Crippen MR) is 114 cm³/mol. The first kappa shape index (κ1) is 17.7. The minimum atomic E-state index is -0.182. The van der Waals surface area contributed by atoms with E-state index >= 15 is 0 Å². The zero-order valence-electron chi connectivity index (χ0n) is 16.1. The quantitative estimate of drug-likeness (QED) is 0.686. The summed E-state index contributed by atoms with van der Waals surface area (Å²) in [6.07, 6.45) is 10.2. The number of hydrogen-bond donors (Lipinski definition) is 0. The van der Waals surface area contributed by atoms with Crippen molar-refractivity contribution in [3.05, 3.63) is 54.5 Å². The highest BCUT2D eigenvalue weighted by Crippen LogP contribution is 2.29. The topological polar surface area (TPSA) is 74.6 Å². The third kappa shape index (κ3) is 3.55. The lowest BCUT2D eigenvalue weighted by Gasteiger charge is -2.34. The second kappa shape index (κ2) is 7.58. The van der Waals surface area contributed by atoms with E-state index in [2.05, 4.69) is 37.0 Å². The van der Waals surface area contributed by atoms with Gasteiger partial charge in [0.15, 0.2) is 5.65 Å². The maximum atomic E-state index is 11.7. The number of carbonyl (C=O) groups excluding carboxylic acids is 1. The number of urea groups is 1. The number of nitrogens with zero attached hydrogens (tertiary/aromatic N) is 6. The molecule has 3 aromatic rings. The molecular formula is C22H22N6O. The van der Waals surface area contributed by atoms with Crippen molar-refractivity contribution in [2.24, 2.45) is 10.9 Å². The van der Waals surface area contributed by atoms with Crippen LogP contribution < -0.4 is 9.80 Å². The highest BCUT2D eigenvalue weighted by molar-refractivity contribution is 6.04. The zero-order valence-corrected chi connectivity index (χ0v) is 16.1. The largest absolute Gasteiger partial charge is 0.370 e. The van der Waals surface area contributed by atoms with E-state index in [4.69, 9.17) is 0 Å². The van der Waals surface area contributed by atoms with Crippen LogP contribution in [0, 0.1) is 5.92 Å². The number of pyridine rings is 1. The average Bonchev–Trinajstić information content (AvgIpc) is 3.20. The van der Waals surface area contributed by atoms with Crippen molar-refractivity contribution >= 4 is 34.8 Å². The predicted octanol–water partition coefficient (Wildman–Crippen LogP) is 3.49. The van der Waals surface area contributed by atoms with E-state index < -0.39 is 0 Å². The third-order valence-electron chi connectivity index (χ3n) is 5.78. The van der Waals surface area contributed by atoms with E-state index in [0.29, 0.717) is 18.1 Å². The van der Waals surface area contributed by atoms with E-state index in [1.165, 1.54) is 5.56 Å². The van der Waals surface area contributed by atoms with Gasteiger partial charge in [0.2, 0.25) is 0 Å². The number of aliphatic imine (C=N–C) groups is 1. The molecule has 0 saturated carbocycles. The molecule has 29 heavy (non-hydrogen) atoms. The number of aromatic nitrogens is 3. The molecule has 0 unspecified atom stereocenters. The van der Waals surface area contributed by atoms with E-state index in [1.54, 1.807) is 23.5 Å². The average molecular weight is 386 g/mol.